The number of carbonyl (C=O) groups excluding carboxylic acids is 6. The first kappa shape index (κ1) is 58.1. The second kappa shape index (κ2) is 26.3. The standard InChI is InChI=1S/C63H67N7O13/c1-8-28-80-62(75)65-26-14-13-21-48(68-60(73)54(36(2)3)69-63(76)83-35-47-44-18-11-9-16-42(44)43-17-10-12-19-45(43)47)59(72)66-41-24-22-38(23-25-41)33-82-51-31-50-53(46-20-15-27-64-56(46)51)40(34-81-37(4)71)32-70(50)61(74)49-29-39-30-52(77-5)57(78-6)58(79-7)55(39)67-49/h8-12,15-20,22-25,27,29-31,36,40,47-48,54,67H,1,13-14,21,26,28,32-35H2,2-7H3,(H,65,75)(H,66,72)(H,68,73)(H,69,76)/t40?,48-,54-/m0/s1. The molecule has 7 aromatic rings. The summed E-state index contributed by atoms with van der Waals surface area (Å²) in [4.78, 5) is 90.1. The number of nitrogens with one attached hydrogen (secondary N) is 5. The van der Waals surface area contributed by atoms with Crippen molar-refractivity contribution in [3.63, 3.8) is 0 Å². The predicted molar refractivity (Wildman–Crippen MR) is 312 cm³/mol. The second-order valence-corrected chi connectivity index (χ2v) is 20.5. The predicted octanol–water partition coefficient (Wildman–Crippen LogP) is 9.70. The van der Waals surface area contributed by atoms with E-state index < -0.39 is 48.0 Å². The fourth-order valence-corrected chi connectivity index (χ4v) is 10.7. The number of hydrogen-bond donors (Lipinski definition) is 5. The lowest BCUT2D eigenvalue weighted by Crippen LogP contribution is -2.54. The molecule has 0 saturated heterocycles. The van der Waals surface area contributed by atoms with E-state index >= 15 is 0 Å². The van der Waals surface area contributed by atoms with Gasteiger partial charge in [-0.1, -0.05) is 93.2 Å². The van der Waals surface area contributed by atoms with E-state index in [9.17, 15) is 28.8 Å². The molecule has 3 heterocycles. The summed E-state index contributed by atoms with van der Waals surface area (Å²) in [5, 5.41) is 12.6. The number of unbranched alkanes of at least 4 members (excludes halogenated alkanes) is 1. The Balaban J connectivity index is 0.891. The minimum Gasteiger partial charge on any atom is -0.493 e. The van der Waals surface area contributed by atoms with Crippen LogP contribution in [0, 0.1) is 5.92 Å². The maximum absolute atomic E-state index is 14.7. The first-order valence-corrected chi connectivity index (χ1v) is 27.4. The highest BCUT2D eigenvalue weighted by atomic mass is 16.6. The molecule has 3 atom stereocenters. The molecule has 0 fully saturated rings. The van der Waals surface area contributed by atoms with Crippen LogP contribution in [0.25, 0.3) is 32.9 Å². The van der Waals surface area contributed by atoms with Gasteiger partial charge in [0.2, 0.25) is 17.6 Å². The number of fused-ring (bicyclic) bond motifs is 7. The second-order valence-electron chi connectivity index (χ2n) is 20.5. The molecule has 83 heavy (non-hydrogen) atoms. The van der Waals surface area contributed by atoms with Crippen molar-refractivity contribution in [2.45, 2.75) is 70.6 Å². The molecule has 20 heteroatoms. The number of nitrogens with zero attached hydrogens (tertiary/aromatic N) is 2. The maximum atomic E-state index is 14.7. The van der Waals surface area contributed by atoms with Gasteiger partial charge in [0.05, 0.1) is 39.1 Å². The number of aromatic nitrogens is 2. The number of methoxy groups -OCH3 is 3. The Kier molecular flexibility index (Phi) is 18.4. The van der Waals surface area contributed by atoms with Gasteiger partial charge in [0, 0.05) is 60.6 Å². The Morgan fingerprint density at radius 1 is 0.771 bits per heavy atom. The maximum Gasteiger partial charge on any atom is 0.407 e. The van der Waals surface area contributed by atoms with Crippen LogP contribution in [0.4, 0.5) is 21.0 Å². The minimum absolute atomic E-state index is 0.0206. The van der Waals surface area contributed by atoms with E-state index in [0.717, 1.165) is 38.8 Å². The number of H-pyrrole nitrogens is 1. The van der Waals surface area contributed by atoms with Gasteiger partial charge in [0.15, 0.2) is 11.5 Å². The van der Waals surface area contributed by atoms with Crippen LogP contribution in [0.5, 0.6) is 23.0 Å². The number of aromatic amines is 1. The summed E-state index contributed by atoms with van der Waals surface area (Å²) in [6, 6.07) is 29.8. The van der Waals surface area contributed by atoms with Crippen molar-refractivity contribution in [2.24, 2.45) is 5.92 Å². The summed E-state index contributed by atoms with van der Waals surface area (Å²) in [5.41, 5.74) is 8.10. The summed E-state index contributed by atoms with van der Waals surface area (Å²) in [5.74, 6) is -1.30. The van der Waals surface area contributed by atoms with Crippen molar-refractivity contribution in [1.82, 2.24) is 25.9 Å². The van der Waals surface area contributed by atoms with Gasteiger partial charge in [-0.2, -0.15) is 0 Å². The molecule has 9 rings (SSSR count). The van der Waals surface area contributed by atoms with Crippen LogP contribution in [0.1, 0.15) is 84.6 Å². The number of carbonyl (C=O) groups is 6. The van der Waals surface area contributed by atoms with Crippen LogP contribution in [-0.2, 0) is 35.2 Å². The average molecular weight is 1130 g/mol. The summed E-state index contributed by atoms with van der Waals surface area (Å²) in [6.07, 6.45) is 2.83. The molecule has 0 bridgehead atoms. The number of anilines is 2. The Bertz CT molecular complexity index is 3520. The molecular weight excluding hydrogens is 1060 g/mol. The van der Waals surface area contributed by atoms with Gasteiger partial charge >= 0.3 is 18.2 Å². The van der Waals surface area contributed by atoms with Gasteiger partial charge in [0.25, 0.3) is 5.91 Å². The number of ether oxygens (including phenoxy) is 7. The SMILES string of the molecule is C=CCOC(=O)NCCCC[C@H](NC(=O)[C@@H](NC(=O)OCC1c2ccccc2-c2ccccc21)C(C)C)C(=O)Nc1ccc(COc2cc3c(c4cccnc24)C(COC(C)=O)CN3C(=O)c2cc3cc(OC)c(OC)c(OC)c3[nH]2)cc1. The lowest BCUT2D eigenvalue weighted by molar-refractivity contribution is -0.141. The summed E-state index contributed by atoms with van der Waals surface area (Å²) in [7, 11) is 4.52. The lowest BCUT2D eigenvalue weighted by Gasteiger charge is -2.25. The highest BCUT2D eigenvalue weighted by Crippen LogP contribution is 2.48. The van der Waals surface area contributed by atoms with Crippen molar-refractivity contribution >= 4 is 69.1 Å². The minimum atomic E-state index is -1.05. The fraction of sp³-hybridized carbons (Fsp3) is 0.317. The molecule has 1 aliphatic heterocycles. The molecule has 20 nitrogen and oxygen atoms in total. The van der Waals surface area contributed by atoms with Crippen LogP contribution in [0.3, 0.4) is 0 Å². The molecular formula is C63H67N7O13. The molecule has 0 spiro atoms. The summed E-state index contributed by atoms with van der Waals surface area (Å²) < 4.78 is 39.7. The van der Waals surface area contributed by atoms with Gasteiger partial charge in [-0.3, -0.25) is 24.2 Å². The number of hydrogen-bond acceptors (Lipinski definition) is 14. The van der Waals surface area contributed by atoms with Crippen molar-refractivity contribution in [2.75, 3.05) is 64.5 Å². The smallest absolute Gasteiger partial charge is 0.407 e. The summed E-state index contributed by atoms with van der Waals surface area (Å²) in [6.45, 7) is 9.11. The summed E-state index contributed by atoms with van der Waals surface area (Å²) >= 11 is 0. The Labute approximate surface area is 480 Å². The van der Waals surface area contributed by atoms with Crippen LogP contribution in [-0.4, -0.2) is 112 Å². The lowest BCUT2D eigenvalue weighted by atomic mass is 9.97. The molecule has 0 radical (unpaired) electrons. The van der Waals surface area contributed by atoms with Crippen LogP contribution in [0.15, 0.2) is 122 Å². The zero-order chi connectivity index (χ0) is 58.7. The first-order chi connectivity index (χ1) is 40.2. The van der Waals surface area contributed by atoms with E-state index in [1.807, 2.05) is 54.6 Å². The van der Waals surface area contributed by atoms with E-state index in [-0.39, 0.29) is 69.4 Å². The number of esters is 1. The Morgan fingerprint density at radius 2 is 1.49 bits per heavy atom. The number of rotatable bonds is 24. The monoisotopic (exact) mass is 1130 g/mol. The largest absolute Gasteiger partial charge is 0.493 e. The van der Waals surface area contributed by atoms with E-state index in [2.05, 4.69) is 32.8 Å². The van der Waals surface area contributed by atoms with Gasteiger partial charge in [-0.05, 0) is 88.9 Å². The third-order valence-electron chi connectivity index (χ3n) is 14.7. The van der Waals surface area contributed by atoms with Crippen LogP contribution >= 0.6 is 0 Å². The molecule has 1 aliphatic carbocycles. The third-order valence-corrected chi connectivity index (χ3v) is 14.7. The molecule has 1 unspecified atom stereocenters. The number of benzene rings is 5. The fourth-order valence-electron chi connectivity index (χ4n) is 10.7. The van der Waals surface area contributed by atoms with Crippen molar-refractivity contribution in [1.29, 1.82) is 0 Å². The molecule has 2 aliphatic rings. The highest BCUT2D eigenvalue weighted by molar-refractivity contribution is 6.11. The molecule has 5 amide bonds. The third kappa shape index (κ3) is 13.0. The molecule has 0 saturated carbocycles. The van der Waals surface area contributed by atoms with Crippen LogP contribution in [0.2, 0.25) is 0 Å². The average Bonchev–Trinajstić information content (AvgIpc) is 2.18. The van der Waals surface area contributed by atoms with Gasteiger partial charge < -0.3 is 64.3 Å². The van der Waals surface area contributed by atoms with Crippen LogP contribution < -0.4 is 45.1 Å². The molecule has 432 valence electrons. The number of amides is 5. The zero-order valence-electron chi connectivity index (χ0n) is 47.1. The first-order valence-electron chi connectivity index (χ1n) is 27.4. The van der Waals surface area contributed by atoms with E-state index in [1.54, 1.807) is 73.5 Å². The Hall–Kier alpha value is -9.59. The quantitative estimate of drug-likeness (QED) is 0.0164. The van der Waals surface area contributed by atoms with Crippen molar-refractivity contribution < 1.29 is 61.9 Å². The van der Waals surface area contributed by atoms with Crippen molar-refractivity contribution in [3.8, 4) is 34.1 Å². The number of alkyl carbamates (subject to hydrolysis) is 2. The molecule has 2 aromatic heterocycles. The zero-order valence-corrected chi connectivity index (χ0v) is 47.1. The highest BCUT2D eigenvalue weighted by Gasteiger charge is 2.38. The van der Waals surface area contributed by atoms with Gasteiger partial charge in [-0.25, -0.2) is 9.59 Å². The van der Waals surface area contributed by atoms with E-state index in [1.165, 1.54) is 34.3 Å². The van der Waals surface area contributed by atoms with Gasteiger partial charge in [-0.15, -0.1) is 0 Å². The molecule has 5 aromatic carbocycles. The molecule has 5 N–H and O–H groups in total. The van der Waals surface area contributed by atoms with E-state index in [4.69, 9.17) is 38.1 Å². The Morgan fingerprint density at radius 3 is 2.17 bits per heavy atom. The van der Waals surface area contributed by atoms with Crippen molar-refractivity contribution in [3.05, 3.63) is 150 Å². The van der Waals surface area contributed by atoms with Gasteiger partial charge in [0.1, 0.15) is 48.9 Å². The normalized spacial score (nSPS) is 13.9. The topological polar surface area (TPSA) is 247 Å². The number of pyridine rings is 1. The van der Waals surface area contributed by atoms with E-state index in [0.29, 0.717) is 63.6 Å².